The number of hydrogen-bond donors (Lipinski definition) is 0. The fourth-order valence-electron chi connectivity index (χ4n) is 1.34. The standard InChI is InChI=1S/C11H21BrF3N/c1-10(2,3)9(7-12)8-16(4)6-5-11(13,14)15/h9H,5-8H2,1-4H3. The summed E-state index contributed by atoms with van der Waals surface area (Å²) in [6.07, 6.45) is -4.79. The van der Waals surface area contributed by atoms with Crippen LogP contribution < -0.4 is 0 Å². The van der Waals surface area contributed by atoms with E-state index in [4.69, 9.17) is 0 Å². The third kappa shape index (κ3) is 7.49. The molecule has 0 saturated carbocycles. The zero-order valence-corrected chi connectivity index (χ0v) is 12.0. The lowest BCUT2D eigenvalue weighted by Crippen LogP contribution is -2.35. The molecule has 0 aromatic rings. The second-order valence-electron chi connectivity index (χ2n) is 5.34. The van der Waals surface area contributed by atoms with Gasteiger partial charge in [0.05, 0.1) is 6.42 Å². The fraction of sp³-hybridized carbons (Fsp3) is 1.00. The van der Waals surface area contributed by atoms with E-state index in [1.165, 1.54) is 0 Å². The highest BCUT2D eigenvalue weighted by molar-refractivity contribution is 9.09. The van der Waals surface area contributed by atoms with Crippen molar-refractivity contribution in [1.29, 1.82) is 0 Å². The molecule has 1 atom stereocenters. The first-order chi connectivity index (χ1) is 7.06. The SMILES string of the molecule is CN(CCC(F)(F)F)CC(CBr)C(C)(C)C. The van der Waals surface area contributed by atoms with Gasteiger partial charge >= 0.3 is 6.18 Å². The molecule has 0 bridgehead atoms. The van der Waals surface area contributed by atoms with Gasteiger partial charge in [0, 0.05) is 18.4 Å². The zero-order chi connectivity index (χ0) is 13.0. The van der Waals surface area contributed by atoms with Gasteiger partial charge in [0.1, 0.15) is 0 Å². The van der Waals surface area contributed by atoms with Gasteiger partial charge in [-0.1, -0.05) is 36.7 Å². The Morgan fingerprint density at radius 2 is 1.69 bits per heavy atom. The molecule has 0 aromatic heterocycles. The van der Waals surface area contributed by atoms with Crippen molar-refractivity contribution in [2.75, 3.05) is 25.5 Å². The van der Waals surface area contributed by atoms with Crippen LogP contribution >= 0.6 is 15.9 Å². The van der Waals surface area contributed by atoms with Crippen molar-refractivity contribution in [3.63, 3.8) is 0 Å². The Balaban J connectivity index is 4.07. The van der Waals surface area contributed by atoms with Gasteiger partial charge in [-0.2, -0.15) is 13.2 Å². The molecule has 0 amide bonds. The molecular formula is C11H21BrF3N. The number of alkyl halides is 4. The van der Waals surface area contributed by atoms with Crippen LogP contribution in [-0.4, -0.2) is 36.5 Å². The molecule has 16 heavy (non-hydrogen) atoms. The summed E-state index contributed by atoms with van der Waals surface area (Å²) in [7, 11) is 1.74. The molecule has 0 spiro atoms. The molecule has 98 valence electrons. The Kier molecular flexibility index (Phi) is 6.33. The summed E-state index contributed by atoms with van der Waals surface area (Å²) in [5.41, 5.74) is 0.107. The van der Waals surface area contributed by atoms with Crippen molar-refractivity contribution >= 4 is 15.9 Å². The molecule has 5 heteroatoms. The summed E-state index contributed by atoms with van der Waals surface area (Å²) in [4.78, 5) is 1.75. The number of hydrogen-bond acceptors (Lipinski definition) is 1. The highest BCUT2D eigenvalue weighted by atomic mass is 79.9. The van der Waals surface area contributed by atoms with Gasteiger partial charge in [-0.05, 0) is 18.4 Å². The lowest BCUT2D eigenvalue weighted by atomic mass is 9.82. The highest BCUT2D eigenvalue weighted by Crippen LogP contribution is 2.28. The van der Waals surface area contributed by atoms with Gasteiger partial charge in [-0.15, -0.1) is 0 Å². The van der Waals surface area contributed by atoms with Crippen LogP contribution in [0.25, 0.3) is 0 Å². The quantitative estimate of drug-likeness (QED) is 0.696. The van der Waals surface area contributed by atoms with Gasteiger partial charge in [0.2, 0.25) is 0 Å². The molecule has 0 saturated heterocycles. The minimum atomic E-state index is -4.06. The van der Waals surface area contributed by atoms with Crippen LogP contribution in [0.1, 0.15) is 27.2 Å². The molecular weight excluding hydrogens is 283 g/mol. The normalized spacial score (nSPS) is 15.6. The number of rotatable bonds is 5. The predicted octanol–water partition coefficient (Wildman–Crippen LogP) is 3.93. The second kappa shape index (κ2) is 6.24. The van der Waals surface area contributed by atoms with E-state index in [0.29, 0.717) is 12.5 Å². The Morgan fingerprint density at radius 3 is 2.00 bits per heavy atom. The van der Waals surface area contributed by atoms with Crippen molar-refractivity contribution in [2.24, 2.45) is 11.3 Å². The smallest absolute Gasteiger partial charge is 0.306 e. The lowest BCUT2D eigenvalue weighted by Gasteiger charge is -2.32. The molecule has 1 nitrogen and oxygen atoms in total. The summed E-state index contributed by atoms with van der Waals surface area (Å²) >= 11 is 3.42. The maximum Gasteiger partial charge on any atom is 0.390 e. The summed E-state index contributed by atoms with van der Waals surface area (Å²) in [5.74, 6) is 0.353. The first-order valence-electron chi connectivity index (χ1n) is 5.37. The van der Waals surface area contributed by atoms with Crippen LogP contribution in [0.2, 0.25) is 0 Å². The van der Waals surface area contributed by atoms with Crippen LogP contribution in [0.4, 0.5) is 13.2 Å². The lowest BCUT2D eigenvalue weighted by molar-refractivity contribution is -0.137. The number of nitrogens with zero attached hydrogens (tertiary/aromatic N) is 1. The molecule has 0 heterocycles. The summed E-state index contributed by atoms with van der Waals surface area (Å²) in [6.45, 7) is 7.08. The Morgan fingerprint density at radius 1 is 1.19 bits per heavy atom. The minimum Gasteiger partial charge on any atom is -0.306 e. The average Bonchev–Trinajstić information content (AvgIpc) is 2.07. The molecule has 0 rings (SSSR count). The first kappa shape index (κ1) is 16.2. The van der Waals surface area contributed by atoms with Gasteiger partial charge in [0.25, 0.3) is 0 Å². The monoisotopic (exact) mass is 303 g/mol. The third-order valence-electron chi connectivity index (χ3n) is 2.72. The molecule has 1 unspecified atom stereocenters. The fourth-order valence-corrected chi connectivity index (χ4v) is 2.52. The minimum absolute atomic E-state index is 0.0725. The van der Waals surface area contributed by atoms with E-state index in [2.05, 4.69) is 36.7 Å². The molecule has 0 aromatic carbocycles. The van der Waals surface area contributed by atoms with Crippen LogP contribution in [0.5, 0.6) is 0 Å². The molecule has 0 aliphatic heterocycles. The average molecular weight is 304 g/mol. The predicted molar refractivity (Wildman–Crippen MR) is 64.9 cm³/mol. The van der Waals surface area contributed by atoms with Gasteiger partial charge in [-0.3, -0.25) is 0 Å². The van der Waals surface area contributed by atoms with Crippen LogP contribution in [0, 0.1) is 11.3 Å². The number of halogens is 4. The largest absolute Gasteiger partial charge is 0.390 e. The first-order valence-corrected chi connectivity index (χ1v) is 6.49. The topological polar surface area (TPSA) is 3.24 Å². The van der Waals surface area contributed by atoms with Crippen molar-refractivity contribution < 1.29 is 13.2 Å². The highest BCUT2D eigenvalue weighted by Gasteiger charge is 2.29. The van der Waals surface area contributed by atoms with E-state index in [-0.39, 0.29) is 12.0 Å². The van der Waals surface area contributed by atoms with Gasteiger partial charge in [-0.25, -0.2) is 0 Å². The van der Waals surface area contributed by atoms with Crippen molar-refractivity contribution in [3.05, 3.63) is 0 Å². The van der Waals surface area contributed by atoms with Gasteiger partial charge < -0.3 is 4.90 Å². The Hall–Kier alpha value is 0.230. The molecule has 0 N–H and O–H groups in total. The van der Waals surface area contributed by atoms with Crippen LogP contribution in [0.3, 0.4) is 0 Å². The van der Waals surface area contributed by atoms with Crippen molar-refractivity contribution in [1.82, 2.24) is 4.90 Å². The van der Waals surface area contributed by atoms with Crippen molar-refractivity contribution in [3.8, 4) is 0 Å². The summed E-state index contributed by atoms with van der Waals surface area (Å²) < 4.78 is 36.1. The maximum atomic E-state index is 12.0. The van der Waals surface area contributed by atoms with Crippen LogP contribution in [-0.2, 0) is 0 Å². The summed E-state index contributed by atoms with van der Waals surface area (Å²) in [5, 5.41) is 0.812. The maximum absolute atomic E-state index is 12.0. The third-order valence-corrected chi connectivity index (χ3v) is 3.50. The van der Waals surface area contributed by atoms with E-state index >= 15 is 0 Å². The zero-order valence-electron chi connectivity index (χ0n) is 10.4. The van der Waals surface area contributed by atoms with E-state index in [9.17, 15) is 13.2 Å². The van der Waals surface area contributed by atoms with E-state index in [1.807, 2.05) is 0 Å². The van der Waals surface area contributed by atoms with Gasteiger partial charge in [0.15, 0.2) is 0 Å². The van der Waals surface area contributed by atoms with Crippen LogP contribution in [0.15, 0.2) is 0 Å². The molecule has 0 aliphatic carbocycles. The van der Waals surface area contributed by atoms with E-state index in [1.54, 1.807) is 11.9 Å². The second-order valence-corrected chi connectivity index (χ2v) is 5.99. The van der Waals surface area contributed by atoms with Crippen molar-refractivity contribution in [2.45, 2.75) is 33.4 Å². The molecule has 0 fully saturated rings. The summed E-state index contributed by atoms with van der Waals surface area (Å²) in [6, 6.07) is 0. The van der Waals surface area contributed by atoms with E-state index < -0.39 is 12.6 Å². The Bertz CT molecular complexity index is 198. The molecule has 0 aliphatic rings. The van der Waals surface area contributed by atoms with E-state index in [0.717, 1.165) is 5.33 Å². The molecule has 0 radical (unpaired) electrons. The Labute approximate surface area is 105 Å².